The number of halogens is 3. The normalized spacial score (nSPS) is 11.4. The molecule has 0 bridgehead atoms. The van der Waals surface area contributed by atoms with E-state index in [-0.39, 0.29) is 6.54 Å². The molecule has 0 unspecified atom stereocenters. The fourth-order valence-corrected chi connectivity index (χ4v) is 1.19. The number of hydrogen-bond acceptors (Lipinski definition) is 4. The van der Waals surface area contributed by atoms with Crippen LogP contribution in [0, 0.1) is 6.92 Å². The molecule has 2 N–H and O–H groups in total. The minimum atomic E-state index is -4.15. The van der Waals surface area contributed by atoms with Gasteiger partial charge in [0, 0.05) is 24.8 Å². The van der Waals surface area contributed by atoms with E-state index in [4.69, 9.17) is 0 Å². The zero-order valence-electron chi connectivity index (χ0n) is 9.73. The molecule has 1 aromatic rings. The summed E-state index contributed by atoms with van der Waals surface area (Å²) >= 11 is 0. The summed E-state index contributed by atoms with van der Waals surface area (Å²) in [7, 11) is 0. The van der Waals surface area contributed by atoms with Crippen LogP contribution < -0.4 is 10.6 Å². The van der Waals surface area contributed by atoms with E-state index in [1.807, 2.05) is 6.92 Å². The lowest BCUT2D eigenvalue weighted by Gasteiger charge is -2.11. The van der Waals surface area contributed by atoms with E-state index in [0.717, 1.165) is 0 Å². The summed E-state index contributed by atoms with van der Waals surface area (Å²) in [6.07, 6.45) is -3.47. The van der Waals surface area contributed by atoms with E-state index >= 15 is 0 Å². The van der Waals surface area contributed by atoms with Gasteiger partial charge >= 0.3 is 6.18 Å². The third-order valence-corrected chi connectivity index (χ3v) is 2.01. The quantitative estimate of drug-likeness (QED) is 0.840. The molecular formula is C10H15F3N4. The second-order valence-electron chi connectivity index (χ2n) is 3.55. The Balaban J connectivity index is 2.60. The minimum absolute atomic E-state index is 0.188. The molecule has 1 heterocycles. The van der Waals surface area contributed by atoms with Crippen LogP contribution in [-0.4, -0.2) is 29.2 Å². The highest BCUT2D eigenvalue weighted by Gasteiger charge is 2.26. The Kier molecular flexibility index (Phi) is 4.53. The van der Waals surface area contributed by atoms with Crippen molar-refractivity contribution >= 4 is 11.8 Å². The Hall–Kier alpha value is -1.53. The van der Waals surface area contributed by atoms with E-state index in [9.17, 15) is 13.2 Å². The van der Waals surface area contributed by atoms with Gasteiger partial charge in [0.25, 0.3) is 0 Å². The van der Waals surface area contributed by atoms with Crippen LogP contribution in [0.5, 0.6) is 0 Å². The molecule has 0 amide bonds. The number of nitrogens with zero attached hydrogens (tertiary/aromatic N) is 2. The smallest absolute Gasteiger partial charge is 0.369 e. The molecule has 96 valence electrons. The van der Waals surface area contributed by atoms with Crippen LogP contribution in [0.3, 0.4) is 0 Å². The summed E-state index contributed by atoms with van der Waals surface area (Å²) in [5, 5.41) is 5.55. The number of hydrogen-bond donors (Lipinski definition) is 2. The van der Waals surface area contributed by atoms with Crippen LogP contribution in [0.25, 0.3) is 0 Å². The highest BCUT2D eigenvalue weighted by atomic mass is 19.4. The van der Waals surface area contributed by atoms with Crippen molar-refractivity contribution in [1.82, 2.24) is 9.97 Å². The number of rotatable bonds is 5. The lowest BCUT2D eigenvalue weighted by Crippen LogP contribution is -2.16. The molecule has 0 fully saturated rings. The van der Waals surface area contributed by atoms with Crippen molar-refractivity contribution in [2.45, 2.75) is 26.4 Å². The van der Waals surface area contributed by atoms with E-state index in [0.29, 0.717) is 23.9 Å². The molecule has 0 aliphatic carbocycles. The molecular weight excluding hydrogens is 233 g/mol. The topological polar surface area (TPSA) is 49.8 Å². The molecule has 0 aromatic carbocycles. The molecule has 0 aliphatic heterocycles. The van der Waals surface area contributed by atoms with Crippen molar-refractivity contribution < 1.29 is 13.2 Å². The molecule has 0 saturated carbocycles. The first-order chi connectivity index (χ1) is 7.92. The fourth-order valence-electron chi connectivity index (χ4n) is 1.19. The lowest BCUT2D eigenvalue weighted by atomic mass is 10.3. The van der Waals surface area contributed by atoms with Gasteiger partial charge in [0.1, 0.15) is 5.82 Å². The number of aromatic nitrogens is 2. The summed E-state index contributed by atoms with van der Waals surface area (Å²) in [5.41, 5.74) is 0.717. The van der Waals surface area contributed by atoms with Crippen LogP contribution in [0.4, 0.5) is 24.9 Å². The number of alkyl halides is 3. The van der Waals surface area contributed by atoms with E-state index in [2.05, 4.69) is 20.6 Å². The third-order valence-electron chi connectivity index (χ3n) is 2.01. The van der Waals surface area contributed by atoms with Gasteiger partial charge in [0.2, 0.25) is 5.95 Å². The summed E-state index contributed by atoms with van der Waals surface area (Å²) in [6, 6.07) is 0. The summed E-state index contributed by atoms with van der Waals surface area (Å²) in [5.74, 6) is 0.841. The van der Waals surface area contributed by atoms with Gasteiger partial charge in [-0.1, -0.05) is 0 Å². The average Bonchev–Trinajstić information content (AvgIpc) is 2.21. The van der Waals surface area contributed by atoms with Crippen molar-refractivity contribution in [3.8, 4) is 0 Å². The maximum absolute atomic E-state index is 12.0. The predicted molar refractivity (Wildman–Crippen MR) is 60.1 cm³/mol. The van der Waals surface area contributed by atoms with Crippen LogP contribution in [0.1, 0.15) is 18.9 Å². The summed E-state index contributed by atoms with van der Waals surface area (Å²) in [6.45, 7) is 4.10. The highest BCUT2D eigenvalue weighted by molar-refractivity contribution is 5.46. The largest absolute Gasteiger partial charge is 0.390 e. The van der Waals surface area contributed by atoms with Crippen molar-refractivity contribution in [2.24, 2.45) is 0 Å². The zero-order valence-corrected chi connectivity index (χ0v) is 9.73. The molecule has 0 atom stereocenters. The zero-order chi connectivity index (χ0) is 12.9. The molecule has 0 aliphatic rings. The van der Waals surface area contributed by atoms with Gasteiger partial charge in [-0.3, -0.25) is 0 Å². The Morgan fingerprint density at radius 2 is 2.00 bits per heavy atom. The lowest BCUT2D eigenvalue weighted by molar-refractivity contribution is -0.131. The Morgan fingerprint density at radius 1 is 1.29 bits per heavy atom. The minimum Gasteiger partial charge on any atom is -0.369 e. The van der Waals surface area contributed by atoms with Crippen LogP contribution in [-0.2, 0) is 0 Å². The van der Waals surface area contributed by atoms with Gasteiger partial charge in [-0.2, -0.15) is 18.2 Å². The first-order valence-corrected chi connectivity index (χ1v) is 5.30. The second-order valence-corrected chi connectivity index (χ2v) is 3.55. The van der Waals surface area contributed by atoms with E-state index in [1.165, 1.54) is 0 Å². The van der Waals surface area contributed by atoms with Gasteiger partial charge in [-0.15, -0.1) is 0 Å². The average molecular weight is 248 g/mol. The molecule has 0 saturated heterocycles. The molecule has 17 heavy (non-hydrogen) atoms. The highest BCUT2D eigenvalue weighted by Crippen LogP contribution is 2.20. The molecule has 0 spiro atoms. The number of aryl methyl sites for hydroxylation is 1. The Labute approximate surface area is 97.7 Å². The van der Waals surface area contributed by atoms with Gasteiger partial charge < -0.3 is 10.6 Å². The SMILES string of the molecule is CCNc1ncc(C)c(NCCC(F)(F)F)n1. The van der Waals surface area contributed by atoms with Crippen molar-refractivity contribution in [3.05, 3.63) is 11.8 Å². The van der Waals surface area contributed by atoms with Crippen LogP contribution in [0.15, 0.2) is 6.20 Å². The Bertz CT molecular complexity index is 365. The third kappa shape index (κ3) is 4.88. The maximum Gasteiger partial charge on any atom is 0.390 e. The first-order valence-electron chi connectivity index (χ1n) is 5.30. The van der Waals surface area contributed by atoms with Gasteiger partial charge in [0.05, 0.1) is 6.42 Å². The summed E-state index contributed by atoms with van der Waals surface area (Å²) in [4.78, 5) is 8.08. The van der Waals surface area contributed by atoms with Crippen LogP contribution in [0.2, 0.25) is 0 Å². The van der Waals surface area contributed by atoms with Crippen molar-refractivity contribution in [2.75, 3.05) is 23.7 Å². The first kappa shape index (κ1) is 13.5. The van der Waals surface area contributed by atoms with Crippen molar-refractivity contribution in [3.63, 3.8) is 0 Å². The summed E-state index contributed by atoms with van der Waals surface area (Å²) < 4.78 is 35.9. The van der Waals surface area contributed by atoms with Gasteiger partial charge in [-0.25, -0.2) is 4.98 Å². The number of anilines is 2. The maximum atomic E-state index is 12.0. The molecule has 1 aromatic heterocycles. The van der Waals surface area contributed by atoms with Crippen LogP contribution >= 0.6 is 0 Å². The van der Waals surface area contributed by atoms with E-state index in [1.54, 1.807) is 13.1 Å². The van der Waals surface area contributed by atoms with Crippen molar-refractivity contribution in [1.29, 1.82) is 0 Å². The fraction of sp³-hybridized carbons (Fsp3) is 0.600. The van der Waals surface area contributed by atoms with Gasteiger partial charge in [0.15, 0.2) is 0 Å². The second kappa shape index (κ2) is 5.70. The molecule has 4 nitrogen and oxygen atoms in total. The standard InChI is InChI=1S/C10H15F3N4/c1-3-14-9-16-6-7(2)8(17-9)15-5-4-10(11,12)13/h6H,3-5H2,1-2H3,(H2,14,15,16,17). The molecule has 7 heteroatoms. The van der Waals surface area contributed by atoms with Gasteiger partial charge in [-0.05, 0) is 13.8 Å². The Morgan fingerprint density at radius 3 is 2.59 bits per heavy atom. The molecule has 1 rings (SSSR count). The van der Waals surface area contributed by atoms with E-state index < -0.39 is 12.6 Å². The predicted octanol–water partition coefficient (Wildman–Crippen LogP) is 2.58. The monoisotopic (exact) mass is 248 g/mol. The number of nitrogens with one attached hydrogen (secondary N) is 2. The molecule has 0 radical (unpaired) electrons.